The number of nitrogens with one attached hydrogen (secondary N) is 1. The third-order valence-corrected chi connectivity index (χ3v) is 6.84. The van der Waals surface area contributed by atoms with Crippen molar-refractivity contribution in [2.75, 3.05) is 20.7 Å². The van der Waals surface area contributed by atoms with Crippen LogP contribution in [-0.4, -0.2) is 53.8 Å². The number of rotatable bonds is 7. The largest absolute Gasteiger partial charge is 0.388 e. The topological polar surface area (TPSA) is 86.7 Å². The Kier molecular flexibility index (Phi) is 7.04. The second-order valence-electron chi connectivity index (χ2n) is 8.64. The molecule has 0 aliphatic heterocycles. The quantitative estimate of drug-likeness (QED) is 0.506. The second-order valence-corrected chi connectivity index (χ2v) is 8.64. The van der Waals surface area contributed by atoms with Crippen LogP contribution in [0.5, 0.6) is 0 Å². The highest BCUT2D eigenvalue weighted by molar-refractivity contribution is 6.14. The van der Waals surface area contributed by atoms with Crippen LogP contribution in [0.25, 0.3) is 0 Å². The fourth-order valence-corrected chi connectivity index (χ4v) is 4.00. The van der Waals surface area contributed by atoms with E-state index in [1.54, 1.807) is 24.3 Å². The number of hydrogen-bond donors (Lipinski definition) is 2. The fraction of sp³-hybridized carbons (Fsp3) is 0.370. The standard InChI is InChI=1S/C27H30N2O4/c1-5-27(16-17-27)22-14-10-20(11-15-22)7-6-19-8-12-21(13-9-19)24(32)29(4)26(2,23(31)18-30)25(33)28-3/h8-15,30H,5,16-18H2,1-4H3,(H,28,33)/t26-/m1/s1. The van der Waals surface area contributed by atoms with E-state index in [4.69, 9.17) is 0 Å². The monoisotopic (exact) mass is 446 g/mol. The van der Waals surface area contributed by atoms with Crippen LogP contribution >= 0.6 is 0 Å². The molecule has 0 spiro atoms. The third-order valence-electron chi connectivity index (χ3n) is 6.84. The number of hydrogen-bond acceptors (Lipinski definition) is 4. The number of aliphatic hydroxyl groups excluding tert-OH is 1. The number of ketones is 1. The molecule has 0 heterocycles. The summed E-state index contributed by atoms with van der Waals surface area (Å²) in [5, 5.41) is 11.7. The van der Waals surface area contributed by atoms with Crippen molar-refractivity contribution in [1.82, 2.24) is 10.2 Å². The smallest absolute Gasteiger partial charge is 0.254 e. The number of likely N-dealkylation sites (N-methyl/N-ethyl adjacent to an activating group) is 2. The van der Waals surface area contributed by atoms with Crippen molar-refractivity contribution in [2.24, 2.45) is 0 Å². The van der Waals surface area contributed by atoms with Crippen LogP contribution < -0.4 is 5.32 Å². The number of Topliss-reactive ketones (excluding diaryl/α,β-unsaturated/α-hetero) is 1. The molecular formula is C27H30N2O4. The maximum absolute atomic E-state index is 12.9. The van der Waals surface area contributed by atoms with Gasteiger partial charge < -0.3 is 15.3 Å². The van der Waals surface area contributed by atoms with Crippen LogP contribution in [0.3, 0.4) is 0 Å². The molecule has 1 atom stereocenters. The molecule has 1 fully saturated rings. The van der Waals surface area contributed by atoms with Crippen molar-refractivity contribution < 1.29 is 19.5 Å². The van der Waals surface area contributed by atoms with Gasteiger partial charge >= 0.3 is 0 Å². The molecule has 2 amide bonds. The van der Waals surface area contributed by atoms with Crippen molar-refractivity contribution in [1.29, 1.82) is 0 Å². The Hall–Kier alpha value is -3.43. The van der Waals surface area contributed by atoms with Gasteiger partial charge in [-0.05, 0) is 73.6 Å². The highest BCUT2D eigenvalue weighted by Crippen LogP contribution is 2.50. The number of aliphatic hydroxyl groups is 1. The van der Waals surface area contributed by atoms with Crippen LogP contribution in [0.4, 0.5) is 0 Å². The molecule has 6 nitrogen and oxygen atoms in total. The van der Waals surface area contributed by atoms with E-state index in [2.05, 4.69) is 36.2 Å². The Morgan fingerprint density at radius 1 is 1.03 bits per heavy atom. The number of nitrogens with zero attached hydrogens (tertiary/aromatic N) is 1. The summed E-state index contributed by atoms with van der Waals surface area (Å²) in [7, 11) is 2.74. The van der Waals surface area contributed by atoms with Crippen LogP contribution in [-0.2, 0) is 15.0 Å². The summed E-state index contributed by atoms with van der Waals surface area (Å²) in [5.74, 6) is 4.30. The van der Waals surface area contributed by atoms with Crippen molar-refractivity contribution in [3.63, 3.8) is 0 Å². The molecule has 2 aromatic carbocycles. The van der Waals surface area contributed by atoms with Gasteiger partial charge in [-0.2, -0.15) is 0 Å². The molecule has 3 rings (SSSR count). The molecule has 0 saturated heterocycles. The molecule has 1 aliphatic carbocycles. The Morgan fingerprint density at radius 3 is 1.97 bits per heavy atom. The molecule has 2 aromatic rings. The van der Waals surface area contributed by atoms with E-state index in [1.165, 1.54) is 39.4 Å². The summed E-state index contributed by atoms with van der Waals surface area (Å²) in [6, 6.07) is 15.1. The van der Waals surface area contributed by atoms with E-state index in [1.807, 2.05) is 12.1 Å². The predicted molar refractivity (Wildman–Crippen MR) is 127 cm³/mol. The van der Waals surface area contributed by atoms with E-state index >= 15 is 0 Å². The van der Waals surface area contributed by atoms with Gasteiger partial charge in [-0.3, -0.25) is 14.4 Å². The van der Waals surface area contributed by atoms with Gasteiger partial charge in [-0.1, -0.05) is 30.9 Å². The van der Waals surface area contributed by atoms with Crippen molar-refractivity contribution in [3.05, 3.63) is 70.8 Å². The molecule has 0 aromatic heterocycles. The first-order valence-electron chi connectivity index (χ1n) is 11.1. The number of carbonyl (C=O) groups is 3. The Morgan fingerprint density at radius 2 is 1.55 bits per heavy atom. The molecule has 33 heavy (non-hydrogen) atoms. The van der Waals surface area contributed by atoms with Crippen LogP contribution in [0, 0.1) is 11.8 Å². The summed E-state index contributed by atoms with van der Waals surface area (Å²) < 4.78 is 0. The maximum atomic E-state index is 12.9. The minimum absolute atomic E-state index is 0.308. The van der Waals surface area contributed by atoms with Crippen LogP contribution in [0.1, 0.15) is 60.2 Å². The third kappa shape index (κ3) is 4.69. The van der Waals surface area contributed by atoms with E-state index < -0.39 is 29.7 Å². The zero-order valence-corrected chi connectivity index (χ0v) is 19.6. The van der Waals surface area contributed by atoms with Gasteiger partial charge in [0.25, 0.3) is 11.8 Å². The molecule has 0 unspecified atom stereocenters. The first kappa shape index (κ1) is 24.2. The lowest BCUT2D eigenvalue weighted by Gasteiger charge is -2.35. The molecule has 1 saturated carbocycles. The lowest BCUT2D eigenvalue weighted by atomic mass is 9.92. The average Bonchev–Trinajstić information content (AvgIpc) is 3.67. The lowest BCUT2D eigenvalue weighted by molar-refractivity contribution is -0.143. The highest BCUT2D eigenvalue weighted by Gasteiger charge is 2.46. The molecule has 0 bridgehead atoms. The van der Waals surface area contributed by atoms with Crippen LogP contribution in [0.2, 0.25) is 0 Å². The number of amides is 2. The summed E-state index contributed by atoms with van der Waals surface area (Å²) in [5.41, 5.74) is 1.91. The average molecular weight is 447 g/mol. The summed E-state index contributed by atoms with van der Waals surface area (Å²) >= 11 is 0. The Balaban J connectivity index is 1.74. The molecule has 6 heteroatoms. The van der Waals surface area contributed by atoms with Crippen molar-refractivity contribution >= 4 is 17.6 Å². The van der Waals surface area contributed by atoms with Gasteiger partial charge in [0.15, 0.2) is 11.3 Å². The maximum Gasteiger partial charge on any atom is 0.254 e. The van der Waals surface area contributed by atoms with Crippen molar-refractivity contribution in [3.8, 4) is 11.8 Å². The van der Waals surface area contributed by atoms with Gasteiger partial charge in [-0.15, -0.1) is 0 Å². The predicted octanol–water partition coefficient (Wildman–Crippen LogP) is 2.67. The Labute approximate surface area is 195 Å². The zero-order chi connectivity index (χ0) is 24.2. The number of carbonyl (C=O) groups excluding carboxylic acids is 3. The SMILES string of the molecule is CCC1(c2ccc(C#Cc3ccc(C(=O)N(C)[C@](C)(C(=O)CO)C(=O)NC)cc3)cc2)CC1. The summed E-state index contributed by atoms with van der Waals surface area (Å²) in [4.78, 5) is 38.6. The highest BCUT2D eigenvalue weighted by atomic mass is 16.3. The van der Waals surface area contributed by atoms with Gasteiger partial charge in [0.1, 0.15) is 6.61 Å². The summed E-state index contributed by atoms with van der Waals surface area (Å²) in [6.45, 7) is 2.70. The molecule has 172 valence electrons. The first-order chi connectivity index (χ1) is 15.7. The fourth-order valence-electron chi connectivity index (χ4n) is 4.00. The van der Waals surface area contributed by atoms with Gasteiger partial charge in [-0.25, -0.2) is 0 Å². The zero-order valence-electron chi connectivity index (χ0n) is 19.6. The first-order valence-corrected chi connectivity index (χ1v) is 11.1. The van der Waals surface area contributed by atoms with Gasteiger partial charge in [0.2, 0.25) is 0 Å². The molecule has 0 radical (unpaired) electrons. The van der Waals surface area contributed by atoms with E-state index in [0.29, 0.717) is 11.0 Å². The minimum atomic E-state index is -1.82. The van der Waals surface area contributed by atoms with E-state index in [0.717, 1.165) is 22.4 Å². The van der Waals surface area contributed by atoms with E-state index in [-0.39, 0.29) is 0 Å². The minimum Gasteiger partial charge on any atom is -0.388 e. The second kappa shape index (κ2) is 9.60. The van der Waals surface area contributed by atoms with Crippen molar-refractivity contribution in [2.45, 2.75) is 44.1 Å². The molecular weight excluding hydrogens is 416 g/mol. The Bertz CT molecular complexity index is 1090. The lowest BCUT2D eigenvalue weighted by Crippen LogP contribution is -2.62. The van der Waals surface area contributed by atoms with E-state index in [9.17, 15) is 19.5 Å². The molecule has 2 N–H and O–H groups in total. The van der Waals surface area contributed by atoms with Gasteiger partial charge in [0.05, 0.1) is 0 Å². The normalized spacial score (nSPS) is 15.4. The van der Waals surface area contributed by atoms with Gasteiger partial charge in [0, 0.05) is 30.8 Å². The van der Waals surface area contributed by atoms with Crippen LogP contribution in [0.15, 0.2) is 48.5 Å². The summed E-state index contributed by atoms with van der Waals surface area (Å²) in [6.07, 6.45) is 3.67. The molecule has 1 aliphatic rings. The number of benzene rings is 2.